The smallest absolute Gasteiger partial charge is 0.223 e. The fraction of sp³-hybridized carbons (Fsp3) is 0.409. The van der Waals surface area contributed by atoms with E-state index in [1.54, 1.807) is 6.20 Å². The number of unbranched alkanes of at least 4 members (excludes halogenated alkanes) is 2. The molecule has 3 rings (SSSR count). The summed E-state index contributed by atoms with van der Waals surface area (Å²) in [5.41, 5.74) is 3.97. The minimum atomic E-state index is 0.252. The molecule has 3 N–H and O–H groups in total. The summed E-state index contributed by atoms with van der Waals surface area (Å²) < 4.78 is 0. The number of hydrogen-bond acceptors (Lipinski definition) is 6. The van der Waals surface area contributed by atoms with Crippen LogP contribution < -0.4 is 10.6 Å². The van der Waals surface area contributed by atoms with Gasteiger partial charge in [-0.1, -0.05) is 11.6 Å². The van der Waals surface area contributed by atoms with Crippen molar-refractivity contribution in [2.75, 3.05) is 30.3 Å². The summed E-state index contributed by atoms with van der Waals surface area (Å²) in [6.07, 6.45) is 6.49. The van der Waals surface area contributed by atoms with Gasteiger partial charge in [0.25, 0.3) is 0 Å². The average molecular weight is 414 g/mol. The first kappa shape index (κ1) is 21.3. The molecule has 7 heteroatoms. The Balaban J connectivity index is 1.50. The summed E-state index contributed by atoms with van der Waals surface area (Å²) in [5, 5.41) is 17.4. The number of benzene rings is 1. The molecular formula is C22H28ClN5O. The summed E-state index contributed by atoms with van der Waals surface area (Å²) >= 11 is 6.06. The normalized spacial score (nSPS) is 11.0. The molecular weight excluding hydrogens is 386 g/mol. The van der Waals surface area contributed by atoms with Crippen molar-refractivity contribution in [3.05, 3.63) is 52.9 Å². The maximum Gasteiger partial charge on any atom is 0.223 e. The lowest BCUT2D eigenvalue weighted by Crippen LogP contribution is -2.09. The summed E-state index contributed by atoms with van der Waals surface area (Å²) in [7, 11) is 0. The molecule has 154 valence electrons. The van der Waals surface area contributed by atoms with Crippen LogP contribution in [0.4, 0.5) is 11.6 Å². The lowest BCUT2D eigenvalue weighted by atomic mass is 10.1. The topological polar surface area (TPSA) is 83.0 Å². The molecule has 2 heterocycles. The van der Waals surface area contributed by atoms with Crippen LogP contribution in [0.15, 0.2) is 36.5 Å². The number of nitrogens with zero attached hydrogens (tertiary/aromatic N) is 3. The lowest BCUT2D eigenvalue weighted by molar-refractivity contribution is 0.283. The maximum atomic E-state index is 8.84. The van der Waals surface area contributed by atoms with Crippen LogP contribution in [0.25, 0.3) is 10.9 Å². The largest absolute Gasteiger partial charge is 0.396 e. The van der Waals surface area contributed by atoms with Gasteiger partial charge in [-0.2, -0.15) is 0 Å². The van der Waals surface area contributed by atoms with Crippen molar-refractivity contribution in [1.82, 2.24) is 15.0 Å². The fourth-order valence-electron chi connectivity index (χ4n) is 3.22. The van der Waals surface area contributed by atoms with Gasteiger partial charge in [0.15, 0.2) is 0 Å². The van der Waals surface area contributed by atoms with Gasteiger partial charge in [-0.25, -0.2) is 9.97 Å². The van der Waals surface area contributed by atoms with E-state index in [0.717, 1.165) is 73.2 Å². The van der Waals surface area contributed by atoms with E-state index in [1.165, 1.54) is 0 Å². The molecule has 29 heavy (non-hydrogen) atoms. The van der Waals surface area contributed by atoms with Crippen LogP contribution in [0, 0.1) is 6.92 Å². The number of aryl methyl sites for hydroxylation is 2. The van der Waals surface area contributed by atoms with Gasteiger partial charge in [0, 0.05) is 53.4 Å². The zero-order valence-electron chi connectivity index (χ0n) is 16.8. The Bertz CT molecular complexity index is 934. The number of aliphatic hydroxyl groups excluding tert-OH is 1. The zero-order valence-corrected chi connectivity index (χ0v) is 17.5. The van der Waals surface area contributed by atoms with Crippen molar-refractivity contribution in [2.24, 2.45) is 0 Å². The quantitative estimate of drug-likeness (QED) is 0.398. The summed E-state index contributed by atoms with van der Waals surface area (Å²) in [6, 6.07) is 9.80. The van der Waals surface area contributed by atoms with Gasteiger partial charge >= 0.3 is 0 Å². The molecule has 0 aliphatic carbocycles. The van der Waals surface area contributed by atoms with Crippen LogP contribution in [0.3, 0.4) is 0 Å². The number of halogens is 1. The first-order valence-electron chi connectivity index (χ1n) is 10.1. The number of fused-ring (bicyclic) bond motifs is 1. The number of aromatic nitrogens is 3. The Morgan fingerprint density at radius 2 is 1.83 bits per heavy atom. The number of anilines is 2. The van der Waals surface area contributed by atoms with Gasteiger partial charge in [0.2, 0.25) is 5.95 Å². The minimum absolute atomic E-state index is 0.252. The monoisotopic (exact) mass is 413 g/mol. The predicted molar refractivity (Wildman–Crippen MR) is 120 cm³/mol. The number of aliphatic hydroxyl groups is 1. The van der Waals surface area contributed by atoms with Crippen molar-refractivity contribution in [3.63, 3.8) is 0 Å². The number of rotatable bonds is 11. The Labute approximate surface area is 176 Å². The van der Waals surface area contributed by atoms with Crippen molar-refractivity contribution in [2.45, 2.75) is 39.0 Å². The third-order valence-corrected chi connectivity index (χ3v) is 4.89. The van der Waals surface area contributed by atoms with E-state index in [0.29, 0.717) is 11.0 Å². The van der Waals surface area contributed by atoms with Gasteiger partial charge in [0.1, 0.15) is 0 Å². The summed E-state index contributed by atoms with van der Waals surface area (Å²) in [4.78, 5) is 13.5. The second kappa shape index (κ2) is 10.9. The first-order valence-corrected chi connectivity index (χ1v) is 10.5. The van der Waals surface area contributed by atoms with E-state index >= 15 is 0 Å². The van der Waals surface area contributed by atoms with Gasteiger partial charge < -0.3 is 15.7 Å². The van der Waals surface area contributed by atoms with Crippen LogP contribution in [-0.2, 0) is 6.42 Å². The summed E-state index contributed by atoms with van der Waals surface area (Å²) in [5.74, 6) is 0.689. The Morgan fingerprint density at radius 3 is 2.69 bits per heavy atom. The molecule has 0 spiro atoms. The van der Waals surface area contributed by atoms with Crippen molar-refractivity contribution in [1.29, 1.82) is 0 Å². The highest BCUT2D eigenvalue weighted by Crippen LogP contribution is 2.24. The molecule has 0 radical (unpaired) electrons. The molecule has 0 aliphatic heterocycles. The summed E-state index contributed by atoms with van der Waals surface area (Å²) in [6.45, 7) is 3.91. The van der Waals surface area contributed by atoms with Crippen molar-refractivity contribution in [3.8, 4) is 0 Å². The molecule has 3 aromatic rings. The van der Waals surface area contributed by atoms with Crippen molar-refractivity contribution >= 4 is 34.1 Å². The Hall–Kier alpha value is -2.44. The number of pyridine rings is 1. The standard InChI is InChI=1S/C22H28ClN5O/c1-16-14-18(28-22(27-16)26-10-3-2-4-13-29)6-5-11-24-20-9-12-25-21-15-17(23)7-8-19(20)21/h7-9,12,14-15,29H,2-6,10-11,13H2,1H3,(H,24,25)(H,26,27,28). The van der Waals surface area contributed by atoms with Crippen LogP contribution in [0.2, 0.25) is 5.02 Å². The molecule has 0 amide bonds. The molecule has 0 bridgehead atoms. The van der Waals surface area contributed by atoms with Gasteiger partial charge in [-0.15, -0.1) is 0 Å². The van der Waals surface area contributed by atoms with E-state index < -0.39 is 0 Å². The molecule has 0 unspecified atom stereocenters. The highest BCUT2D eigenvalue weighted by molar-refractivity contribution is 6.31. The predicted octanol–water partition coefficient (Wildman–Crippen LogP) is 4.61. The van der Waals surface area contributed by atoms with Crippen LogP contribution >= 0.6 is 11.6 Å². The molecule has 2 aromatic heterocycles. The van der Waals surface area contributed by atoms with Crippen LogP contribution in [0.5, 0.6) is 0 Å². The average Bonchev–Trinajstić information content (AvgIpc) is 2.70. The van der Waals surface area contributed by atoms with E-state index in [9.17, 15) is 0 Å². The molecule has 6 nitrogen and oxygen atoms in total. The molecule has 0 saturated carbocycles. The molecule has 0 saturated heterocycles. The maximum absolute atomic E-state index is 8.84. The number of nitrogens with one attached hydrogen (secondary N) is 2. The van der Waals surface area contributed by atoms with Gasteiger partial charge in [-0.3, -0.25) is 4.98 Å². The van der Waals surface area contributed by atoms with Gasteiger partial charge in [0.05, 0.1) is 5.52 Å². The third-order valence-electron chi connectivity index (χ3n) is 4.66. The zero-order chi connectivity index (χ0) is 20.5. The Morgan fingerprint density at radius 1 is 0.966 bits per heavy atom. The third kappa shape index (κ3) is 6.54. The first-order chi connectivity index (χ1) is 14.2. The van der Waals surface area contributed by atoms with E-state index in [-0.39, 0.29) is 6.61 Å². The second-order valence-electron chi connectivity index (χ2n) is 7.09. The number of hydrogen-bond donors (Lipinski definition) is 3. The van der Waals surface area contributed by atoms with Gasteiger partial charge in [-0.05, 0) is 69.4 Å². The van der Waals surface area contributed by atoms with E-state index in [4.69, 9.17) is 16.7 Å². The fourth-order valence-corrected chi connectivity index (χ4v) is 3.39. The van der Waals surface area contributed by atoms with E-state index in [1.807, 2.05) is 37.3 Å². The highest BCUT2D eigenvalue weighted by Gasteiger charge is 2.05. The molecule has 0 aliphatic rings. The second-order valence-corrected chi connectivity index (χ2v) is 7.52. The SMILES string of the molecule is Cc1cc(CCCNc2ccnc3cc(Cl)ccc23)nc(NCCCCCO)n1. The minimum Gasteiger partial charge on any atom is -0.396 e. The van der Waals surface area contributed by atoms with E-state index in [2.05, 4.69) is 25.6 Å². The van der Waals surface area contributed by atoms with Crippen molar-refractivity contribution < 1.29 is 5.11 Å². The lowest BCUT2D eigenvalue weighted by Gasteiger charge is -2.10. The highest BCUT2D eigenvalue weighted by atomic mass is 35.5. The van der Waals surface area contributed by atoms with Crippen LogP contribution in [0.1, 0.15) is 37.1 Å². The Kier molecular flexibility index (Phi) is 8.02. The molecule has 0 fully saturated rings. The van der Waals surface area contributed by atoms with Crippen LogP contribution in [-0.4, -0.2) is 39.8 Å². The molecule has 0 atom stereocenters. The molecule has 1 aromatic carbocycles.